The molecule has 0 rings (SSSR count). The van der Waals surface area contributed by atoms with Gasteiger partial charge in [-0.2, -0.15) is 0 Å². The Hall–Kier alpha value is -1.04. The zero-order chi connectivity index (χ0) is 22.8. The van der Waals surface area contributed by atoms with Gasteiger partial charge < -0.3 is 0 Å². The van der Waals surface area contributed by atoms with Crippen molar-refractivity contribution in [1.82, 2.24) is 0 Å². The third-order valence-corrected chi connectivity index (χ3v) is 3.48. The van der Waals surface area contributed by atoms with Crippen molar-refractivity contribution in [1.29, 1.82) is 0 Å². The Morgan fingerprint density at radius 3 is 0.893 bits per heavy atom. The molecule has 0 unspecified atom stereocenters. The van der Waals surface area contributed by atoms with Gasteiger partial charge >= 0.3 is 0 Å². The van der Waals surface area contributed by atoms with Crippen LogP contribution in [0.3, 0.4) is 0 Å². The molecule has 0 aliphatic rings. The summed E-state index contributed by atoms with van der Waals surface area (Å²) in [4.78, 5) is 0. The first-order valence-electron chi connectivity index (χ1n) is 11.2. The summed E-state index contributed by atoms with van der Waals surface area (Å²) in [5.74, 6) is 2.10. The standard InChI is InChI=1S/3C6H13B.C6H11B/c4*1-4-5-6-7(2)3/h3*4H,1,5-6H2,2-3H3;4-6H,1H2,2-3H3. The first-order valence-corrected chi connectivity index (χ1v) is 11.2. The quantitative estimate of drug-likeness (QED) is 0.190. The summed E-state index contributed by atoms with van der Waals surface area (Å²) in [7, 11) is 0. The number of allylic oxidation sites excluding steroid dienone is 5. The van der Waals surface area contributed by atoms with Crippen LogP contribution in [0.4, 0.5) is 0 Å². The molecule has 0 saturated heterocycles. The molecule has 0 atom stereocenters. The molecule has 0 spiro atoms. The van der Waals surface area contributed by atoms with Gasteiger partial charge in [-0.15, -0.1) is 25.7 Å². The molecule has 0 nitrogen and oxygen atoms in total. The van der Waals surface area contributed by atoms with Crippen molar-refractivity contribution >= 4 is 26.9 Å². The van der Waals surface area contributed by atoms with Gasteiger partial charge in [0.2, 0.25) is 0 Å². The molecular weight excluding hydrogens is 332 g/mol. The maximum Gasteiger partial charge on any atom is 0.160 e. The molecule has 28 heavy (non-hydrogen) atoms. The zero-order valence-electron chi connectivity index (χ0n) is 20.8. The summed E-state index contributed by atoms with van der Waals surface area (Å²) >= 11 is 0. The highest BCUT2D eigenvalue weighted by atomic mass is 13.7. The molecule has 0 aromatic rings. The van der Waals surface area contributed by atoms with Crippen LogP contribution in [0.2, 0.25) is 73.5 Å². The minimum Gasteiger partial charge on any atom is -0.116 e. The third-order valence-electron chi connectivity index (χ3n) is 3.48. The molecule has 0 heterocycles. The second-order valence-corrected chi connectivity index (χ2v) is 8.64. The van der Waals surface area contributed by atoms with Crippen LogP contribution >= 0.6 is 0 Å². The molecule has 4 heteroatoms. The van der Waals surface area contributed by atoms with Crippen LogP contribution in [0.5, 0.6) is 0 Å². The molecule has 0 fully saturated rings. The highest BCUT2D eigenvalue weighted by molar-refractivity contribution is 6.61. The van der Waals surface area contributed by atoms with Crippen LogP contribution in [0.15, 0.2) is 62.7 Å². The lowest BCUT2D eigenvalue weighted by Crippen LogP contribution is -1.95. The average molecular weight is 382 g/mol. The lowest BCUT2D eigenvalue weighted by molar-refractivity contribution is 1.19. The van der Waals surface area contributed by atoms with Crippen LogP contribution in [-0.4, -0.2) is 26.9 Å². The van der Waals surface area contributed by atoms with Crippen LogP contribution in [0.1, 0.15) is 19.3 Å². The van der Waals surface area contributed by atoms with E-state index in [2.05, 4.69) is 86.9 Å². The van der Waals surface area contributed by atoms with Crippen LogP contribution in [0, 0.1) is 0 Å². The summed E-state index contributed by atoms with van der Waals surface area (Å²) in [6, 6.07) is 0. The Labute approximate surface area is 182 Å². The van der Waals surface area contributed by atoms with Crippen molar-refractivity contribution < 1.29 is 0 Å². The minimum absolute atomic E-state index is 0.651. The summed E-state index contributed by atoms with van der Waals surface area (Å²) in [6.45, 7) is 35.2. The Balaban J connectivity index is -0.000000137. The maximum atomic E-state index is 3.63. The first kappa shape index (κ1) is 34.5. The monoisotopic (exact) mass is 382 g/mol. The predicted molar refractivity (Wildman–Crippen MR) is 148 cm³/mol. The van der Waals surface area contributed by atoms with E-state index in [-0.39, 0.29) is 0 Å². The predicted octanol–water partition coefficient (Wildman–Crippen LogP) is 8.97. The summed E-state index contributed by atoms with van der Waals surface area (Å²) in [5, 5.41) is 0. The highest BCUT2D eigenvalue weighted by Crippen LogP contribution is 1.96. The average Bonchev–Trinajstić information content (AvgIpc) is 2.62. The van der Waals surface area contributed by atoms with E-state index in [4.69, 9.17) is 0 Å². The Bertz CT molecular complexity index is 318. The van der Waals surface area contributed by atoms with E-state index in [1.807, 2.05) is 24.3 Å². The molecule has 0 aliphatic carbocycles. The lowest BCUT2D eigenvalue weighted by Gasteiger charge is -1.92. The minimum atomic E-state index is 0.651. The van der Waals surface area contributed by atoms with Crippen molar-refractivity contribution in [3.8, 4) is 0 Å². The molecular formula is C24H50B4. The smallest absolute Gasteiger partial charge is 0.116 e. The van der Waals surface area contributed by atoms with Gasteiger partial charge in [-0.05, 0) is 19.3 Å². The van der Waals surface area contributed by atoms with E-state index in [1.54, 1.807) is 6.08 Å². The lowest BCUT2D eigenvalue weighted by atomic mass is 9.51. The maximum absolute atomic E-state index is 3.63. The van der Waals surface area contributed by atoms with E-state index in [0.717, 1.165) is 39.4 Å². The van der Waals surface area contributed by atoms with E-state index in [0.29, 0.717) is 6.71 Å². The summed E-state index contributed by atoms with van der Waals surface area (Å²) < 4.78 is 0. The Morgan fingerprint density at radius 2 is 0.821 bits per heavy atom. The van der Waals surface area contributed by atoms with E-state index >= 15 is 0 Å². The fraction of sp³-hybridized carbons (Fsp3) is 0.583. The van der Waals surface area contributed by atoms with E-state index in [1.165, 1.54) is 19.0 Å². The van der Waals surface area contributed by atoms with E-state index < -0.39 is 0 Å². The molecule has 0 aliphatic heterocycles. The van der Waals surface area contributed by atoms with Gasteiger partial charge in [0.25, 0.3) is 0 Å². The number of hydrogen-bond donors (Lipinski definition) is 0. The molecule has 0 amide bonds. The molecule has 158 valence electrons. The largest absolute Gasteiger partial charge is 0.160 e. The normalized spacial score (nSPS) is 8.57. The first-order chi connectivity index (χ1) is 13.1. The summed E-state index contributed by atoms with van der Waals surface area (Å²) in [5.41, 5.74) is 0. The molecule has 0 saturated carbocycles. The molecule has 0 bridgehead atoms. The Morgan fingerprint density at radius 1 is 0.536 bits per heavy atom. The number of hydrogen-bond acceptors (Lipinski definition) is 0. The third kappa shape index (κ3) is 64.0. The van der Waals surface area contributed by atoms with Gasteiger partial charge in [0.15, 0.2) is 6.71 Å². The van der Waals surface area contributed by atoms with Crippen LogP contribution < -0.4 is 0 Å². The van der Waals surface area contributed by atoms with Gasteiger partial charge in [-0.25, -0.2) is 0 Å². The van der Waals surface area contributed by atoms with Crippen LogP contribution in [0.25, 0.3) is 0 Å². The molecule has 0 aromatic carbocycles. The van der Waals surface area contributed by atoms with Gasteiger partial charge in [-0.3, -0.25) is 0 Å². The van der Waals surface area contributed by atoms with Crippen molar-refractivity contribution in [2.75, 3.05) is 0 Å². The second kappa shape index (κ2) is 30.7. The zero-order valence-corrected chi connectivity index (χ0v) is 20.8. The molecule has 0 aromatic heterocycles. The topological polar surface area (TPSA) is 0 Å². The molecule has 0 N–H and O–H groups in total. The highest BCUT2D eigenvalue weighted by Gasteiger charge is 1.93. The van der Waals surface area contributed by atoms with Gasteiger partial charge in [0.05, 0.1) is 0 Å². The van der Waals surface area contributed by atoms with Gasteiger partial charge in [-0.1, -0.05) is 111 Å². The fourth-order valence-corrected chi connectivity index (χ4v) is 1.65. The van der Waals surface area contributed by atoms with E-state index in [9.17, 15) is 0 Å². The number of rotatable bonds is 11. The SMILES string of the molecule is C=CC=CB(C)C.C=CCCB(C)C.C=CCCB(C)C.C=CCCB(C)C. The second-order valence-electron chi connectivity index (χ2n) is 8.64. The van der Waals surface area contributed by atoms with Crippen LogP contribution in [-0.2, 0) is 0 Å². The van der Waals surface area contributed by atoms with Crippen molar-refractivity contribution in [3.63, 3.8) is 0 Å². The fourth-order valence-electron chi connectivity index (χ4n) is 1.65. The molecule has 0 radical (unpaired) electrons. The Kier molecular flexibility index (Phi) is 37.8. The van der Waals surface area contributed by atoms with Crippen molar-refractivity contribution in [2.45, 2.75) is 92.8 Å². The summed E-state index contributed by atoms with van der Waals surface area (Å²) in [6.07, 6.45) is 17.0. The van der Waals surface area contributed by atoms with Crippen molar-refractivity contribution in [2.24, 2.45) is 0 Å². The van der Waals surface area contributed by atoms with Gasteiger partial charge in [0.1, 0.15) is 20.1 Å². The van der Waals surface area contributed by atoms with Gasteiger partial charge in [0, 0.05) is 0 Å². The van der Waals surface area contributed by atoms with Crippen molar-refractivity contribution in [3.05, 3.63) is 62.7 Å².